The fourth-order valence-corrected chi connectivity index (χ4v) is 3.16. The molecule has 0 atom stereocenters. The number of anilines is 1. The summed E-state index contributed by atoms with van der Waals surface area (Å²) < 4.78 is 19.5. The normalized spacial score (nSPS) is 10.8. The molecule has 3 aromatic rings. The summed E-state index contributed by atoms with van der Waals surface area (Å²) in [6.45, 7) is 5.54. The number of nitrogens with zero attached hydrogens (tertiary/aromatic N) is 1. The number of hydrogen-bond acceptors (Lipinski definition) is 3. The fourth-order valence-electron chi connectivity index (χ4n) is 2.91. The topological polar surface area (TPSA) is 55.1 Å². The Morgan fingerprint density at radius 3 is 2.65 bits per heavy atom. The molecule has 3 rings (SSSR count). The van der Waals surface area contributed by atoms with Crippen molar-refractivity contribution in [3.8, 4) is 11.3 Å². The van der Waals surface area contributed by atoms with Crippen LogP contribution in [0.2, 0.25) is 5.02 Å². The van der Waals surface area contributed by atoms with Crippen molar-refractivity contribution >= 4 is 23.2 Å². The van der Waals surface area contributed by atoms with Crippen molar-refractivity contribution in [1.82, 2.24) is 5.16 Å². The van der Waals surface area contributed by atoms with Crippen molar-refractivity contribution in [3.63, 3.8) is 0 Å². The van der Waals surface area contributed by atoms with Gasteiger partial charge in [-0.15, -0.1) is 0 Å². The number of benzene rings is 2. The van der Waals surface area contributed by atoms with Gasteiger partial charge in [-0.2, -0.15) is 0 Å². The number of hydrogen-bond donors (Lipinski definition) is 1. The molecule has 1 amide bonds. The number of nitrogens with one attached hydrogen (secondary N) is 1. The molecule has 4 nitrogen and oxygen atoms in total. The highest BCUT2D eigenvalue weighted by atomic mass is 35.5. The lowest BCUT2D eigenvalue weighted by Crippen LogP contribution is -2.16. The van der Waals surface area contributed by atoms with Crippen molar-refractivity contribution in [2.45, 2.75) is 27.2 Å². The van der Waals surface area contributed by atoms with Gasteiger partial charge in [0.05, 0.1) is 10.6 Å². The van der Waals surface area contributed by atoms with Crippen molar-refractivity contribution in [3.05, 3.63) is 69.7 Å². The third-order valence-electron chi connectivity index (χ3n) is 4.27. The van der Waals surface area contributed by atoms with E-state index in [1.807, 2.05) is 32.0 Å². The maximum absolute atomic E-state index is 14.3. The maximum Gasteiger partial charge on any atom is 0.261 e. The lowest BCUT2D eigenvalue weighted by molar-refractivity contribution is 0.102. The van der Waals surface area contributed by atoms with E-state index in [1.54, 1.807) is 13.0 Å². The second-order valence-electron chi connectivity index (χ2n) is 5.98. The standard InChI is InChI=1S/C20H18ClFN2O2/c1-4-13-8-5-7-11(2)18(13)23-20(25)16-12(3)26-24-19(16)17-14(21)9-6-10-15(17)22/h5-10H,4H2,1-3H3,(H,23,25). The number of carbonyl (C=O) groups is 1. The molecule has 0 fully saturated rings. The Hall–Kier alpha value is -2.66. The third-order valence-corrected chi connectivity index (χ3v) is 4.58. The van der Waals surface area contributed by atoms with E-state index in [0.29, 0.717) is 5.76 Å². The predicted molar refractivity (Wildman–Crippen MR) is 100 cm³/mol. The highest BCUT2D eigenvalue weighted by Crippen LogP contribution is 2.34. The molecule has 0 aliphatic carbocycles. The number of para-hydroxylation sites is 1. The minimum absolute atomic E-state index is 0.0525. The van der Waals surface area contributed by atoms with Crippen LogP contribution >= 0.6 is 11.6 Å². The molecule has 0 spiro atoms. The van der Waals surface area contributed by atoms with Crippen molar-refractivity contribution < 1.29 is 13.7 Å². The Bertz CT molecular complexity index is 962. The van der Waals surface area contributed by atoms with Crippen LogP contribution in [-0.4, -0.2) is 11.1 Å². The van der Waals surface area contributed by atoms with E-state index in [2.05, 4.69) is 10.5 Å². The van der Waals surface area contributed by atoms with Crippen molar-refractivity contribution in [2.24, 2.45) is 0 Å². The van der Waals surface area contributed by atoms with Gasteiger partial charge in [-0.1, -0.05) is 47.9 Å². The third kappa shape index (κ3) is 3.22. The van der Waals surface area contributed by atoms with Crippen molar-refractivity contribution in [1.29, 1.82) is 0 Å². The van der Waals surface area contributed by atoms with E-state index in [0.717, 1.165) is 23.2 Å². The van der Waals surface area contributed by atoms with E-state index in [9.17, 15) is 9.18 Å². The summed E-state index contributed by atoms with van der Waals surface area (Å²) in [6, 6.07) is 10.1. The molecule has 1 aromatic heterocycles. The van der Waals surface area contributed by atoms with Crippen molar-refractivity contribution in [2.75, 3.05) is 5.32 Å². The molecule has 1 N–H and O–H groups in total. The summed E-state index contributed by atoms with van der Waals surface area (Å²) >= 11 is 6.13. The first-order chi connectivity index (χ1) is 12.4. The van der Waals surface area contributed by atoms with E-state index >= 15 is 0 Å². The summed E-state index contributed by atoms with van der Waals surface area (Å²) in [4.78, 5) is 13.0. The molecule has 0 radical (unpaired) electrons. The molecule has 0 aliphatic heterocycles. The van der Waals surface area contributed by atoms with Gasteiger partial charge in [-0.25, -0.2) is 4.39 Å². The smallest absolute Gasteiger partial charge is 0.261 e. The summed E-state index contributed by atoms with van der Waals surface area (Å²) in [5.41, 5.74) is 3.01. The maximum atomic E-state index is 14.3. The Labute approximate surface area is 156 Å². The number of carbonyl (C=O) groups excluding carboxylic acids is 1. The van der Waals surface area contributed by atoms with Crippen LogP contribution in [0.1, 0.15) is 34.2 Å². The highest BCUT2D eigenvalue weighted by Gasteiger charge is 2.26. The molecule has 0 aliphatic rings. The average Bonchev–Trinajstić information content (AvgIpc) is 2.98. The lowest BCUT2D eigenvalue weighted by atomic mass is 10.0. The Morgan fingerprint density at radius 2 is 1.96 bits per heavy atom. The number of amides is 1. The molecule has 26 heavy (non-hydrogen) atoms. The van der Waals surface area contributed by atoms with Gasteiger partial charge in [0.1, 0.15) is 22.8 Å². The zero-order valence-corrected chi connectivity index (χ0v) is 15.4. The van der Waals surface area contributed by atoms with Gasteiger partial charge in [0, 0.05) is 5.69 Å². The van der Waals surface area contributed by atoms with Crippen LogP contribution < -0.4 is 5.32 Å². The molecule has 2 aromatic carbocycles. The highest BCUT2D eigenvalue weighted by molar-refractivity contribution is 6.33. The number of rotatable bonds is 4. The molecule has 1 heterocycles. The van der Waals surface area contributed by atoms with Gasteiger partial charge in [0.25, 0.3) is 5.91 Å². The van der Waals surface area contributed by atoms with Gasteiger partial charge in [-0.05, 0) is 43.5 Å². The number of halogens is 2. The van der Waals surface area contributed by atoms with E-state index in [-0.39, 0.29) is 21.8 Å². The summed E-state index contributed by atoms with van der Waals surface area (Å²) in [6.07, 6.45) is 0.770. The average molecular weight is 373 g/mol. The second kappa shape index (κ2) is 7.30. The summed E-state index contributed by atoms with van der Waals surface area (Å²) in [7, 11) is 0. The molecule has 0 saturated carbocycles. The molecule has 0 unspecified atom stereocenters. The molecular weight excluding hydrogens is 355 g/mol. The first-order valence-corrected chi connectivity index (χ1v) is 8.62. The van der Waals surface area contributed by atoms with Crippen LogP contribution in [0, 0.1) is 19.7 Å². The first kappa shape index (κ1) is 18.1. The largest absolute Gasteiger partial charge is 0.360 e. The molecule has 134 valence electrons. The van der Waals surface area contributed by atoms with Crippen LogP contribution in [0.15, 0.2) is 40.9 Å². The zero-order valence-electron chi connectivity index (χ0n) is 14.7. The molecule has 0 saturated heterocycles. The van der Waals surface area contributed by atoms with Crippen LogP contribution in [0.5, 0.6) is 0 Å². The summed E-state index contributed by atoms with van der Waals surface area (Å²) in [5, 5.41) is 6.96. The van der Waals surface area contributed by atoms with E-state index < -0.39 is 11.7 Å². The van der Waals surface area contributed by atoms with Gasteiger partial charge in [0.2, 0.25) is 0 Å². The quantitative estimate of drug-likeness (QED) is 0.651. The van der Waals surface area contributed by atoms with Crippen LogP contribution in [0.3, 0.4) is 0 Å². The number of aromatic nitrogens is 1. The van der Waals surface area contributed by atoms with E-state index in [4.69, 9.17) is 16.1 Å². The molecule has 6 heteroatoms. The Balaban J connectivity index is 2.07. The fraction of sp³-hybridized carbons (Fsp3) is 0.200. The van der Waals surface area contributed by atoms with Gasteiger partial charge < -0.3 is 9.84 Å². The molecular formula is C20H18ClFN2O2. The first-order valence-electron chi connectivity index (χ1n) is 8.24. The van der Waals surface area contributed by atoms with E-state index in [1.165, 1.54) is 12.1 Å². The zero-order chi connectivity index (χ0) is 18.8. The Morgan fingerprint density at radius 1 is 1.23 bits per heavy atom. The van der Waals surface area contributed by atoms with Gasteiger partial charge in [-0.3, -0.25) is 4.79 Å². The van der Waals surface area contributed by atoms with Crippen LogP contribution in [0.4, 0.5) is 10.1 Å². The van der Waals surface area contributed by atoms with Crippen LogP contribution in [0.25, 0.3) is 11.3 Å². The minimum atomic E-state index is -0.565. The monoisotopic (exact) mass is 372 g/mol. The second-order valence-corrected chi connectivity index (χ2v) is 6.38. The lowest BCUT2D eigenvalue weighted by Gasteiger charge is -2.13. The number of aryl methyl sites for hydroxylation is 3. The molecule has 0 bridgehead atoms. The minimum Gasteiger partial charge on any atom is -0.360 e. The van der Waals surface area contributed by atoms with Gasteiger partial charge >= 0.3 is 0 Å². The van der Waals surface area contributed by atoms with Gasteiger partial charge in [0.15, 0.2) is 0 Å². The van der Waals surface area contributed by atoms with Crippen LogP contribution in [-0.2, 0) is 6.42 Å². The predicted octanol–water partition coefficient (Wildman–Crippen LogP) is 5.57. The Kier molecular flexibility index (Phi) is 5.09. The summed E-state index contributed by atoms with van der Waals surface area (Å²) in [5.74, 6) is -0.685. The SMILES string of the molecule is CCc1cccc(C)c1NC(=O)c1c(-c2c(F)cccc2Cl)noc1C.